The highest BCUT2D eigenvalue weighted by Crippen LogP contribution is 2.48. The van der Waals surface area contributed by atoms with Crippen LogP contribution in [0.2, 0.25) is 0 Å². The first-order valence-electron chi connectivity index (χ1n) is 9.84. The van der Waals surface area contributed by atoms with Crippen LogP contribution in [0.15, 0.2) is 41.5 Å². The van der Waals surface area contributed by atoms with Crippen molar-refractivity contribution in [3.63, 3.8) is 0 Å². The molecule has 0 bridgehead atoms. The molecule has 0 amide bonds. The van der Waals surface area contributed by atoms with Crippen LogP contribution >= 0.6 is 0 Å². The Labute approximate surface area is 168 Å². The molecular formula is C21H23FN4O3. The Morgan fingerprint density at radius 3 is 2.93 bits per heavy atom. The van der Waals surface area contributed by atoms with Gasteiger partial charge in [0.25, 0.3) is 0 Å². The van der Waals surface area contributed by atoms with Crippen molar-refractivity contribution in [3.8, 4) is 16.9 Å². The summed E-state index contributed by atoms with van der Waals surface area (Å²) in [7, 11) is 1.73. The number of ether oxygens (including phenoxy) is 2. The molecule has 0 aliphatic carbocycles. The van der Waals surface area contributed by atoms with Crippen molar-refractivity contribution in [3.05, 3.63) is 48.0 Å². The van der Waals surface area contributed by atoms with E-state index in [4.69, 9.17) is 20.0 Å². The fourth-order valence-electron chi connectivity index (χ4n) is 4.36. The van der Waals surface area contributed by atoms with Crippen LogP contribution in [0.25, 0.3) is 11.1 Å². The van der Waals surface area contributed by atoms with Gasteiger partial charge in [-0.2, -0.15) is 4.39 Å². The van der Waals surface area contributed by atoms with Crippen LogP contribution in [0.4, 0.5) is 4.39 Å². The van der Waals surface area contributed by atoms with Gasteiger partial charge in [0.05, 0.1) is 12.2 Å². The molecule has 2 N–H and O–H groups in total. The van der Waals surface area contributed by atoms with Gasteiger partial charge in [0.15, 0.2) is 0 Å². The summed E-state index contributed by atoms with van der Waals surface area (Å²) in [5.74, 6) is 0.708. The van der Waals surface area contributed by atoms with E-state index in [0.717, 1.165) is 25.0 Å². The summed E-state index contributed by atoms with van der Waals surface area (Å²) >= 11 is 0. The number of aromatic nitrogens is 1. The lowest BCUT2D eigenvalue weighted by Gasteiger charge is -2.40. The summed E-state index contributed by atoms with van der Waals surface area (Å²) in [4.78, 5) is 14.6. The Kier molecular flexibility index (Phi) is 4.40. The second-order valence-corrected chi connectivity index (χ2v) is 7.73. The summed E-state index contributed by atoms with van der Waals surface area (Å²) in [6.45, 7) is 1.44. The molecular weight excluding hydrogens is 375 g/mol. The molecule has 1 fully saturated rings. The predicted octanol–water partition coefficient (Wildman–Crippen LogP) is 2.81. The highest BCUT2D eigenvalue weighted by molar-refractivity contribution is 5.79. The first-order valence-corrected chi connectivity index (χ1v) is 9.84. The van der Waals surface area contributed by atoms with Gasteiger partial charge in [-0.15, -0.1) is 0 Å². The Morgan fingerprint density at radius 1 is 1.31 bits per heavy atom. The Bertz CT molecular complexity index is 963. The number of rotatable bonds is 2. The molecule has 3 aliphatic rings. The fraction of sp³-hybridized carbons (Fsp3) is 0.429. The molecule has 2 unspecified atom stereocenters. The summed E-state index contributed by atoms with van der Waals surface area (Å²) < 4.78 is 26.3. The zero-order chi connectivity index (χ0) is 20.0. The number of nitrogens with zero attached hydrogens (tertiary/aromatic N) is 3. The second kappa shape index (κ2) is 6.96. The smallest absolute Gasteiger partial charge is 0.221 e. The van der Waals surface area contributed by atoms with E-state index in [0.29, 0.717) is 35.9 Å². The van der Waals surface area contributed by atoms with E-state index in [1.807, 2.05) is 18.2 Å². The van der Waals surface area contributed by atoms with Gasteiger partial charge in [-0.25, -0.2) is 19.9 Å². The van der Waals surface area contributed by atoms with Crippen LogP contribution in [-0.2, 0) is 15.3 Å². The first-order chi connectivity index (χ1) is 14.1. The highest BCUT2D eigenvalue weighted by Gasteiger charge is 2.50. The van der Waals surface area contributed by atoms with Crippen LogP contribution in [0.1, 0.15) is 24.8 Å². The zero-order valence-corrected chi connectivity index (χ0v) is 16.2. The third-order valence-electron chi connectivity index (χ3n) is 5.85. The van der Waals surface area contributed by atoms with E-state index >= 15 is 0 Å². The summed E-state index contributed by atoms with van der Waals surface area (Å²) in [5.41, 5.74) is 6.89. The number of hydrogen-bond donors (Lipinski definition) is 1. The van der Waals surface area contributed by atoms with Gasteiger partial charge in [-0.3, -0.25) is 0 Å². The Balaban J connectivity index is 1.59. The van der Waals surface area contributed by atoms with Crippen LogP contribution in [-0.4, -0.2) is 42.4 Å². The molecule has 4 heterocycles. The predicted molar refractivity (Wildman–Crippen MR) is 104 cm³/mol. The SMILES string of the molecule is CN1OC2(C[C@@H](C3CCCOC3)Oc3ccc(-c4cccnc4F)cc32)N=C1N. The molecule has 1 saturated heterocycles. The molecule has 1 aromatic carbocycles. The molecule has 2 aromatic rings. The van der Waals surface area contributed by atoms with Gasteiger partial charge in [-0.1, -0.05) is 6.07 Å². The van der Waals surface area contributed by atoms with Crippen molar-refractivity contribution >= 4 is 5.96 Å². The lowest BCUT2D eigenvalue weighted by molar-refractivity contribution is -0.196. The summed E-state index contributed by atoms with van der Waals surface area (Å²) in [6, 6.07) is 8.94. The monoisotopic (exact) mass is 398 g/mol. The van der Waals surface area contributed by atoms with Crippen molar-refractivity contribution in [1.29, 1.82) is 0 Å². The third-order valence-corrected chi connectivity index (χ3v) is 5.85. The van der Waals surface area contributed by atoms with E-state index in [1.165, 1.54) is 11.3 Å². The van der Waals surface area contributed by atoms with Crippen LogP contribution in [0.3, 0.4) is 0 Å². The molecule has 7 nitrogen and oxygen atoms in total. The average Bonchev–Trinajstić information content (AvgIpc) is 3.02. The summed E-state index contributed by atoms with van der Waals surface area (Å²) in [6.07, 6.45) is 3.88. The lowest BCUT2D eigenvalue weighted by atomic mass is 9.84. The van der Waals surface area contributed by atoms with Crippen molar-refractivity contribution in [2.45, 2.75) is 31.1 Å². The van der Waals surface area contributed by atoms with Crippen molar-refractivity contribution in [2.75, 3.05) is 20.3 Å². The normalized spacial score (nSPS) is 28.8. The molecule has 152 valence electrons. The van der Waals surface area contributed by atoms with Crippen LogP contribution < -0.4 is 10.5 Å². The van der Waals surface area contributed by atoms with Crippen molar-refractivity contribution in [2.24, 2.45) is 16.6 Å². The quantitative estimate of drug-likeness (QED) is 0.784. The topological polar surface area (TPSA) is 82.2 Å². The fourth-order valence-corrected chi connectivity index (χ4v) is 4.36. The number of aliphatic imine (C=N–C) groups is 1. The van der Waals surface area contributed by atoms with Gasteiger partial charge < -0.3 is 15.2 Å². The third kappa shape index (κ3) is 3.12. The molecule has 8 heteroatoms. The molecule has 1 spiro atoms. The van der Waals surface area contributed by atoms with E-state index in [-0.39, 0.29) is 12.0 Å². The van der Waals surface area contributed by atoms with E-state index in [2.05, 4.69) is 9.98 Å². The van der Waals surface area contributed by atoms with E-state index < -0.39 is 11.7 Å². The maximum atomic E-state index is 14.3. The molecule has 5 rings (SSSR count). The van der Waals surface area contributed by atoms with Gasteiger partial charge in [-0.05, 0) is 42.7 Å². The van der Waals surface area contributed by atoms with Crippen molar-refractivity contribution < 1.29 is 18.7 Å². The maximum Gasteiger partial charge on any atom is 0.221 e. The molecule has 3 aliphatic heterocycles. The van der Waals surface area contributed by atoms with Gasteiger partial charge in [0.2, 0.25) is 17.6 Å². The zero-order valence-electron chi connectivity index (χ0n) is 16.2. The molecule has 1 aromatic heterocycles. The minimum Gasteiger partial charge on any atom is -0.489 e. The number of hydrogen-bond acceptors (Lipinski definition) is 7. The molecule has 29 heavy (non-hydrogen) atoms. The van der Waals surface area contributed by atoms with Crippen molar-refractivity contribution in [1.82, 2.24) is 10.0 Å². The number of hydroxylamine groups is 2. The number of guanidine groups is 1. The average molecular weight is 398 g/mol. The molecule has 3 atom stereocenters. The second-order valence-electron chi connectivity index (χ2n) is 7.73. The van der Waals surface area contributed by atoms with Crippen LogP contribution in [0, 0.1) is 11.9 Å². The number of halogens is 1. The summed E-state index contributed by atoms with van der Waals surface area (Å²) in [5, 5.41) is 1.47. The Morgan fingerprint density at radius 2 is 2.21 bits per heavy atom. The van der Waals surface area contributed by atoms with Gasteiger partial charge in [0.1, 0.15) is 11.9 Å². The van der Waals surface area contributed by atoms with Crippen LogP contribution in [0.5, 0.6) is 5.75 Å². The largest absolute Gasteiger partial charge is 0.489 e. The van der Waals surface area contributed by atoms with Gasteiger partial charge >= 0.3 is 0 Å². The Hall–Kier alpha value is -2.71. The maximum absolute atomic E-state index is 14.3. The number of fused-ring (bicyclic) bond motifs is 2. The number of benzene rings is 1. The number of pyridine rings is 1. The van der Waals surface area contributed by atoms with E-state index in [9.17, 15) is 4.39 Å². The van der Waals surface area contributed by atoms with E-state index in [1.54, 1.807) is 19.2 Å². The number of nitrogens with two attached hydrogens (primary N) is 1. The molecule has 0 radical (unpaired) electrons. The lowest BCUT2D eigenvalue weighted by Crippen LogP contribution is -2.44. The molecule has 0 saturated carbocycles. The first kappa shape index (κ1) is 18.3. The standard InChI is InChI=1S/C21H23FN4O3/c1-26-20(23)25-21(29-26)11-18(14-4-3-9-27-12-14)28-17-7-6-13(10-16(17)21)15-5-2-8-24-19(15)22/h2,5-8,10,14,18H,3-4,9,11-12H2,1H3,(H2,23,25)/t14?,18-,21?/m0/s1. The highest BCUT2D eigenvalue weighted by atomic mass is 19.1. The minimum atomic E-state index is -0.997. The van der Waals surface area contributed by atoms with Gasteiger partial charge in [0, 0.05) is 37.8 Å². The minimum absolute atomic E-state index is 0.105.